The Morgan fingerprint density at radius 2 is 1.84 bits per heavy atom. The second-order valence-electron chi connectivity index (χ2n) is 8.19. The first-order valence-electron chi connectivity index (χ1n) is 10.5. The Kier molecular flexibility index (Phi) is 4.86. The van der Waals surface area contributed by atoms with E-state index in [1.165, 1.54) is 0 Å². The highest BCUT2D eigenvalue weighted by Crippen LogP contribution is 2.32. The fourth-order valence-electron chi connectivity index (χ4n) is 4.37. The van der Waals surface area contributed by atoms with Crippen LogP contribution in [0.2, 0.25) is 0 Å². The summed E-state index contributed by atoms with van der Waals surface area (Å²) >= 11 is 0. The number of imide groups is 1. The van der Waals surface area contributed by atoms with Gasteiger partial charge in [-0.15, -0.1) is 0 Å². The largest absolute Gasteiger partial charge is 0.392 e. The van der Waals surface area contributed by atoms with Crippen LogP contribution in [0.4, 0.5) is 0 Å². The van der Waals surface area contributed by atoms with Gasteiger partial charge in [-0.2, -0.15) is 0 Å². The van der Waals surface area contributed by atoms with Crippen molar-refractivity contribution in [2.45, 2.75) is 32.0 Å². The van der Waals surface area contributed by atoms with Crippen molar-refractivity contribution in [1.29, 1.82) is 0 Å². The molecular formula is C24H22N4O4. The van der Waals surface area contributed by atoms with E-state index < -0.39 is 11.9 Å². The number of hydrogen-bond acceptors (Lipinski definition) is 5. The van der Waals surface area contributed by atoms with E-state index in [1.54, 1.807) is 11.0 Å². The number of carbonyl (C=O) groups is 3. The molecule has 3 aromatic rings. The molecule has 0 aliphatic carbocycles. The van der Waals surface area contributed by atoms with Crippen LogP contribution in [-0.2, 0) is 29.8 Å². The lowest BCUT2D eigenvalue weighted by atomic mass is 10.0. The summed E-state index contributed by atoms with van der Waals surface area (Å²) in [5, 5.41) is 11.6. The van der Waals surface area contributed by atoms with Gasteiger partial charge in [-0.3, -0.25) is 19.7 Å². The first-order valence-corrected chi connectivity index (χ1v) is 10.5. The number of benzene rings is 2. The van der Waals surface area contributed by atoms with Crippen LogP contribution in [0.25, 0.3) is 22.6 Å². The molecule has 5 rings (SSSR count). The zero-order valence-electron chi connectivity index (χ0n) is 17.5. The maximum Gasteiger partial charge on any atom is 0.255 e. The summed E-state index contributed by atoms with van der Waals surface area (Å²) in [6.07, 6.45) is 2.51. The summed E-state index contributed by atoms with van der Waals surface area (Å²) < 4.78 is 1.94. The monoisotopic (exact) mass is 430 g/mol. The second kappa shape index (κ2) is 7.72. The van der Waals surface area contributed by atoms with Gasteiger partial charge in [-0.1, -0.05) is 30.3 Å². The van der Waals surface area contributed by atoms with Crippen molar-refractivity contribution in [3.63, 3.8) is 0 Å². The standard InChI is InChI=1S/C24H22N4O4/c1-27-12-19(25-22(27)15-4-2-14(13-29)3-5-15)16-6-7-18-17(10-16)11-28(24(18)32)20-8-9-21(30)26-23(20)31/h2-7,10,12,20,29H,8-9,11,13H2,1H3,(H,26,30,31). The molecule has 1 atom stereocenters. The highest BCUT2D eigenvalue weighted by Gasteiger charge is 2.39. The molecule has 1 unspecified atom stereocenters. The van der Waals surface area contributed by atoms with Crippen LogP contribution in [0.5, 0.6) is 0 Å². The van der Waals surface area contributed by atoms with Crippen molar-refractivity contribution in [3.8, 4) is 22.6 Å². The third-order valence-electron chi connectivity index (χ3n) is 6.09. The second-order valence-corrected chi connectivity index (χ2v) is 8.19. The maximum atomic E-state index is 12.9. The lowest BCUT2D eigenvalue weighted by Crippen LogP contribution is -2.52. The van der Waals surface area contributed by atoms with E-state index in [0.29, 0.717) is 18.5 Å². The van der Waals surface area contributed by atoms with Crippen LogP contribution in [0.15, 0.2) is 48.7 Å². The molecule has 2 aromatic carbocycles. The number of fused-ring (bicyclic) bond motifs is 1. The molecule has 0 bridgehead atoms. The van der Waals surface area contributed by atoms with Crippen molar-refractivity contribution in [2.75, 3.05) is 0 Å². The molecule has 8 nitrogen and oxygen atoms in total. The molecule has 2 N–H and O–H groups in total. The van der Waals surface area contributed by atoms with E-state index >= 15 is 0 Å². The number of carbonyl (C=O) groups excluding carboxylic acids is 3. The van der Waals surface area contributed by atoms with E-state index in [2.05, 4.69) is 5.32 Å². The molecule has 32 heavy (non-hydrogen) atoms. The number of aliphatic hydroxyl groups excluding tert-OH is 1. The van der Waals surface area contributed by atoms with Crippen LogP contribution < -0.4 is 5.32 Å². The fourth-order valence-corrected chi connectivity index (χ4v) is 4.37. The minimum absolute atomic E-state index is 0.00418. The Bertz CT molecular complexity index is 1250. The summed E-state index contributed by atoms with van der Waals surface area (Å²) in [6, 6.07) is 12.6. The van der Waals surface area contributed by atoms with E-state index in [4.69, 9.17) is 4.98 Å². The number of rotatable bonds is 4. The van der Waals surface area contributed by atoms with Crippen molar-refractivity contribution >= 4 is 17.7 Å². The quantitative estimate of drug-likeness (QED) is 0.616. The molecule has 3 heterocycles. The van der Waals surface area contributed by atoms with Gasteiger partial charge >= 0.3 is 0 Å². The molecule has 2 aliphatic rings. The van der Waals surface area contributed by atoms with Crippen LogP contribution >= 0.6 is 0 Å². The van der Waals surface area contributed by atoms with E-state index in [1.807, 2.05) is 54.2 Å². The van der Waals surface area contributed by atoms with Gasteiger partial charge in [0.2, 0.25) is 11.8 Å². The number of amides is 3. The minimum atomic E-state index is -0.626. The molecular weight excluding hydrogens is 408 g/mol. The summed E-state index contributed by atoms with van der Waals surface area (Å²) in [6.45, 7) is 0.326. The fraction of sp³-hybridized carbons (Fsp3) is 0.250. The Morgan fingerprint density at radius 1 is 1.09 bits per heavy atom. The Labute approximate surface area is 184 Å². The van der Waals surface area contributed by atoms with Gasteiger partial charge in [-0.25, -0.2) is 4.98 Å². The lowest BCUT2D eigenvalue weighted by molar-refractivity contribution is -0.136. The lowest BCUT2D eigenvalue weighted by Gasteiger charge is -2.29. The molecule has 2 aliphatic heterocycles. The Hall–Kier alpha value is -3.78. The number of imidazole rings is 1. The summed E-state index contributed by atoms with van der Waals surface area (Å²) in [7, 11) is 1.92. The number of aromatic nitrogens is 2. The molecule has 1 aromatic heterocycles. The highest BCUT2D eigenvalue weighted by molar-refractivity contribution is 6.05. The smallest absolute Gasteiger partial charge is 0.255 e. The van der Waals surface area contributed by atoms with Gasteiger partial charge in [0, 0.05) is 42.9 Å². The van der Waals surface area contributed by atoms with Gasteiger partial charge < -0.3 is 14.6 Å². The maximum absolute atomic E-state index is 12.9. The Morgan fingerprint density at radius 3 is 2.56 bits per heavy atom. The van der Waals surface area contributed by atoms with E-state index in [0.717, 1.165) is 33.8 Å². The zero-order chi connectivity index (χ0) is 22.4. The van der Waals surface area contributed by atoms with E-state index in [-0.39, 0.29) is 24.8 Å². The van der Waals surface area contributed by atoms with Gasteiger partial charge in [0.1, 0.15) is 11.9 Å². The summed E-state index contributed by atoms with van der Waals surface area (Å²) in [5.74, 6) is -0.100. The van der Waals surface area contributed by atoms with Crippen LogP contribution in [0.3, 0.4) is 0 Å². The normalized spacial score (nSPS) is 18.1. The molecule has 0 spiro atoms. The molecule has 162 valence electrons. The molecule has 3 amide bonds. The number of hydrogen-bond donors (Lipinski definition) is 2. The number of aryl methyl sites for hydroxylation is 1. The average molecular weight is 430 g/mol. The predicted molar refractivity (Wildman–Crippen MR) is 116 cm³/mol. The molecule has 1 saturated heterocycles. The van der Waals surface area contributed by atoms with E-state index in [9.17, 15) is 19.5 Å². The topological polar surface area (TPSA) is 105 Å². The molecule has 8 heteroatoms. The number of piperidine rings is 1. The molecule has 0 saturated carbocycles. The predicted octanol–water partition coefficient (Wildman–Crippen LogP) is 2.01. The molecule has 1 fully saturated rings. The first kappa shape index (κ1) is 20.1. The number of aliphatic hydroxyl groups is 1. The van der Waals surface area contributed by atoms with Gasteiger partial charge in [0.05, 0.1) is 12.3 Å². The van der Waals surface area contributed by atoms with Gasteiger partial charge in [0.25, 0.3) is 5.91 Å². The third-order valence-corrected chi connectivity index (χ3v) is 6.09. The minimum Gasteiger partial charge on any atom is -0.392 e. The van der Waals surface area contributed by atoms with Crippen molar-refractivity contribution in [2.24, 2.45) is 7.05 Å². The zero-order valence-corrected chi connectivity index (χ0v) is 17.5. The van der Waals surface area contributed by atoms with Crippen molar-refractivity contribution in [3.05, 3.63) is 65.4 Å². The first-order chi connectivity index (χ1) is 15.4. The van der Waals surface area contributed by atoms with Gasteiger partial charge in [-0.05, 0) is 29.7 Å². The molecule has 0 radical (unpaired) electrons. The average Bonchev–Trinajstić information content (AvgIpc) is 3.33. The van der Waals surface area contributed by atoms with Gasteiger partial charge in [0.15, 0.2) is 0 Å². The Balaban J connectivity index is 1.42. The van der Waals surface area contributed by atoms with Crippen LogP contribution in [0.1, 0.15) is 34.3 Å². The van der Waals surface area contributed by atoms with Crippen molar-refractivity contribution in [1.82, 2.24) is 19.8 Å². The van der Waals surface area contributed by atoms with Crippen LogP contribution in [0, 0.1) is 0 Å². The summed E-state index contributed by atoms with van der Waals surface area (Å²) in [5.41, 5.74) is 4.87. The highest BCUT2D eigenvalue weighted by atomic mass is 16.3. The summed E-state index contributed by atoms with van der Waals surface area (Å²) in [4.78, 5) is 42.9. The number of nitrogens with zero attached hydrogens (tertiary/aromatic N) is 3. The van der Waals surface area contributed by atoms with Crippen LogP contribution in [-0.4, -0.2) is 43.3 Å². The van der Waals surface area contributed by atoms with Crippen molar-refractivity contribution < 1.29 is 19.5 Å². The number of nitrogens with one attached hydrogen (secondary N) is 1. The third kappa shape index (κ3) is 3.38. The SMILES string of the molecule is Cn1cc(-c2ccc3c(c2)CN(C2CCC(=O)NC2=O)C3=O)nc1-c1ccc(CO)cc1.